The predicted octanol–water partition coefficient (Wildman–Crippen LogP) is 2.78. The second kappa shape index (κ2) is 7.25. The SMILES string of the molecule is CN(C(N)=O)c1ccc(O[C@@H]2CCCN(c3ccccc3)C2=O)cc1. The van der Waals surface area contributed by atoms with Gasteiger partial charge in [0.1, 0.15) is 5.75 Å². The molecule has 0 bridgehead atoms. The molecule has 1 saturated heterocycles. The van der Waals surface area contributed by atoms with Crippen LogP contribution in [0.2, 0.25) is 0 Å². The number of amides is 3. The van der Waals surface area contributed by atoms with Gasteiger partial charge in [0.2, 0.25) is 0 Å². The van der Waals surface area contributed by atoms with Crippen LogP contribution in [0.15, 0.2) is 54.6 Å². The molecular weight excluding hydrogens is 318 g/mol. The molecule has 2 N–H and O–H groups in total. The number of ether oxygens (including phenoxy) is 1. The van der Waals surface area contributed by atoms with Crippen molar-refractivity contribution in [2.45, 2.75) is 18.9 Å². The van der Waals surface area contributed by atoms with Crippen LogP contribution in [-0.4, -0.2) is 31.6 Å². The van der Waals surface area contributed by atoms with Crippen LogP contribution in [0.4, 0.5) is 16.2 Å². The summed E-state index contributed by atoms with van der Waals surface area (Å²) in [5.41, 5.74) is 6.81. The number of para-hydroxylation sites is 1. The second-order valence-electron chi connectivity index (χ2n) is 5.97. The van der Waals surface area contributed by atoms with Crippen molar-refractivity contribution >= 4 is 23.3 Å². The monoisotopic (exact) mass is 339 g/mol. The van der Waals surface area contributed by atoms with Gasteiger partial charge in [0, 0.05) is 25.0 Å². The van der Waals surface area contributed by atoms with Crippen LogP contribution in [0, 0.1) is 0 Å². The standard InChI is InChI=1S/C19H21N3O3/c1-21(19(20)24)14-9-11-16(12-10-14)25-17-8-5-13-22(18(17)23)15-6-3-2-4-7-15/h2-4,6-7,9-12,17H,5,8,13H2,1H3,(H2,20,24)/t17-/m1/s1. The molecule has 3 amide bonds. The van der Waals surface area contributed by atoms with Crippen LogP contribution in [0.25, 0.3) is 0 Å². The summed E-state index contributed by atoms with van der Waals surface area (Å²) in [5.74, 6) is 0.561. The summed E-state index contributed by atoms with van der Waals surface area (Å²) in [6, 6.07) is 16.0. The van der Waals surface area contributed by atoms with E-state index in [9.17, 15) is 9.59 Å². The fraction of sp³-hybridized carbons (Fsp3) is 0.263. The summed E-state index contributed by atoms with van der Waals surface area (Å²) in [4.78, 5) is 27.0. The number of carbonyl (C=O) groups is 2. The minimum atomic E-state index is -0.533. The third-order valence-corrected chi connectivity index (χ3v) is 4.29. The average Bonchev–Trinajstić information content (AvgIpc) is 2.64. The Morgan fingerprint density at radius 1 is 1.16 bits per heavy atom. The van der Waals surface area contributed by atoms with Gasteiger partial charge in [0.15, 0.2) is 6.10 Å². The number of hydrogen-bond acceptors (Lipinski definition) is 3. The first-order valence-electron chi connectivity index (χ1n) is 8.22. The molecule has 0 radical (unpaired) electrons. The topological polar surface area (TPSA) is 75.9 Å². The molecule has 130 valence electrons. The smallest absolute Gasteiger partial charge is 0.318 e. The molecule has 1 atom stereocenters. The molecule has 0 unspecified atom stereocenters. The molecule has 2 aromatic carbocycles. The molecule has 0 aliphatic carbocycles. The van der Waals surface area contributed by atoms with E-state index in [2.05, 4.69) is 0 Å². The predicted molar refractivity (Wildman–Crippen MR) is 96.9 cm³/mol. The van der Waals surface area contributed by atoms with E-state index in [1.165, 1.54) is 4.90 Å². The highest BCUT2D eigenvalue weighted by Gasteiger charge is 2.31. The van der Waals surface area contributed by atoms with Crippen LogP contribution >= 0.6 is 0 Å². The van der Waals surface area contributed by atoms with E-state index in [1.54, 1.807) is 36.2 Å². The summed E-state index contributed by atoms with van der Waals surface area (Å²) in [6.45, 7) is 0.699. The van der Waals surface area contributed by atoms with E-state index in [0.717, 1.165) is 12.1 Å². The largest absolute Gasteiger partial charge is 0.481 e. The van der Waals surface area contributed by atoms with Crippen molar-refractivity contribution in [1.29, 1.82) is 0 Å². The zero-order chi connectivity index (χ0) is 17.8. The van der Waals surface area contributed by atoms with Crippen molar-refractivity contribution in [2.75, 3.05) is 23.4 Å². The van der Waals surface area contributed by atoms with Crippen molar-refractivity contribution < 1.29 is 14.3 Å². The molecule has 0 saturated carbocycles. The van der Waals surface area contributed by atoms with Gasteiger partial charge in [-0.2, -0.15) is 0 Å². The van der Waals surface area contributed by atoms with Gasteiger partial charge in [-0.15, -0.1) is 0 Å². The molecule has 1 heterocycles. The van der Waals surface area contributed by atoms with Gasteiger partial charge >= 0.3 is 6.03 Å². The van der Waals surface area contributed by atoms with Crippen LogP contribution in [-0.2, 0) is 4.79 Å². The van der Waals surface area contributed by atoms with Crippen molar-refractivity contribution in [1.82, 2.24) is 0 Å². The lowest BCUT2D eigenvalue weighted by molar-refractivity contribution is -0.126. The summed E-state index contributed by atoms with van der Waals surface area (Å²) in [6.07, 6.45) is 1.06. The second-order valence-corrected chi connectivity index (χ2v) is 5.97. The Labute approximate surface area is 146 Å². The normalized spacial score (nSPS) is 17.2. The molecule has 1 aliphatic rings. The molecule has 2 aromatic rings. The Hall–Kier alpha value is -3.02. The molecule has 1 fully saturated rings. The number of benzene rings is 2. The van der Waals surface area contributed by atoms with E-state index in [4.69, 9.17) is 10.5 Å². The van der Waals surface area contributed by atoms with Crippen LogP contribution in [0.3, 0.4) is 0 Å². The van der Waals surface area contributed by atoms with Gasteiger partial charge in [-0.05, 0) is 49.2 Å². The molecule has 1 aliphatic heterocycles. The fourth-order valence-corrected chi connectivity index (χ4v) is 2.86. The zero-order valence-electron chi connectivity index (χ0n) is 14.1. The van der Waals surface area contributed by atoms with Crippen LogP contribution < -0.4 is 20.3 Å². The van der Waals surface area contributed by atoms with Gasteiger partial charge in [0.05, 0.1) is 0 Å². The van der Waals surface area contributed by atoms with Gasteiger partial charge in [-0.25, -0.2) is 4.79 Å². The molecule has 0 spiro atoms. The lowest BCUT2D eigenvalue weighted by atomic mass is 10.1. The number of nitrogens with zero attached hydrogens (tertiary/aromatic N) is 2. The maximum absolute atomic E-state index is 12.7. The highest BCUT2D eigenvalue weighted by atomic mass is 16.5. The fourth-order valence-electron chi connectivity index (χ4n) is 2.86. The quantitative estimate of drug-likeness (QED) is 0.930. The highest BCUT2D eigenvalue weighted by Crippen LogP contribution is 2.25. The Balaban J connectivity index is 1.70. The van der Waals surface area contributed by atoms with Crippen molar-refractivity contribution in [3.05, 3.63) is 54.6 Å². The van der Waals surface area contributed by atoms with E-state index in [1.807, 2.05) is 30.3 Å². The number of urea groups is 1. The Morgan fingerprint density at radius 2 is 1.84 bits per heavy atom. The third-order valence-electron chi connectivity index (χ3n) is 4.29. The zero-order valence-corrected chi connectivity index (χ0v) is 14.1. The minimum absolute atomic E-state index is 0.0317. The number of carbonyl (C=O) groups excluding carboxylic acids is 2. The molecule has 25 heavy (non-hydrogen) atoms. The van der Waals surface area contributed by atoms with Crippen LogP contribution in [0.1, 0.15) is 12.8 Å². The molecule has 3 rings (SSSR count). The van der Waals surface area contributed by atoms with Gasteiger partial charge < -0.3 is 15.4 Å². The molecule has 6 heteroatoms. The lowest BCUT2D eigenvalue weighted by Gasteiger charge is -2.32. The Kier molecular flexibility index (Phi) is 4.88. The van der Waals surface area contributed by atoms with E-state index in [0.29, 0.717) is 24.4 Å². The Bertz CT molecular complexity index is 746. The van der Waals surface area contributed by atoms with Gasteiger partial charge in [0.25, 0.3) is 5.91 Å². The number of primary amides is 1. The first-order valence-corrected chi connectivity index (χ1v) is 8.22. The van der Waals surface area contributed by atoms with Crippen molar-refractivity contribution in [2.24, 2.45) is 5.73 Å². The van der Waals surface area contributed by atoms with Gasteiger partial charge in [-0.3, -0.25) is 9.69 Å². The summed E-state index contributed by atoms with van der Waals surface area (Å²) in [7, 11) is 1.60. The number of rotatable bonds is 4. The molecule has 0 aromatic heterocycles. The first kappa shape index (κ1) is 16.8. The number of piperidine rings is 1. The summed E-state index contributed by atoms with van der Waals surface area (Å²) >= 11 is 0. The maximum Gasteiger partial charge on any atom is 0.318 e. The van der Waals surface area contributed by atoms with E-state index < -0.39 is 12.1 Å². The molecule has 6 nitrogen and oxygen atoms in total. The number of hydrogen-bond donors (Lipinski definition) is 1. The van der Waals surface area contributed by atoms with E-state index in [-0.39, 0.29) is 5.91 Å². The maximum atomic E-state index is 12.7. The van der Waals surface area contributed by atoms with Crippen LogP contribution in [0.5, 0.6) is 5.75 Å². The minimum Gasteiger partial charge on any atom is -0.481 e. The highest BCUT2D eigenvalue weighted by molar-refractivity contribution is 5.97. The lowest BCUT2D eigenvalue weighted by Crippen LogP contribution is -2.46. The first-order chi connectivity index (χ1) is 12.1. The molecular formula is C19H21N3O3. The summed E-state index contributed by atoms with van der Waals surface area (Å²) < 4.78 is 5.89. The third kappa shape index (κ3) is 3.74. The van der Waals surface area contributed by atoms with Gasteiger partial charge in [-0.1, -0.05) is 18.2 Å². The van der Waals surface area contributed by atoms with Crippen molar-refractivity contribution in [3.8, 4) is 5.75 Å². The van der Waals surface area contributed by atoms with Crippen molar-refractivity contribution in [3.63, 3.8) is 0 Å². The number of nitrogens with two attached hydrogens (primary N) is 1. The summed E-state index contributed by atoms with van der Waals surface area (Å²) in [5, 5.41) is 0. The average molecular weight is 339 g/mol. The van der Waals surface area contributed by atoms with E-state index >= 15 is 0 Å². The Morgan fingerprint density at radius 3 is 2.48 bits per heavy atom. The number of anilines is 2.